The molecule has 13 heavy (non-hydrogen) atoms. The molecule has 1 fully saturated rings. The van der Waals surface area contributed by atoms with Gasteiger partial charge in [-0.3, -0.25) is 5.01 Å². The second-order valence-electron chi connectivity index (χ2n) is 2.60. The highest BCUT2D eigenvalue weighted by Gasteiger charge is 2.39. The van der Waals surface area contributed by atoms with E-state index in [0.717, 1.165) is 0 Å². The lowest BCUT2D eigenvalue weighted by atomic mass is 10.4. The predicted octanol–water partition coefficient (Wildman–Crippen LogP) is -0.320. The molecule has 0 bridgehead atoms. The number of carboxylic acids is 1. The van der Waals surface area contributed by atoms with E-state index in [-0.39, 0.29) is 0 Å². The molecule has 0 aromatic heterocycles. The molecular formula is C7H7N3O3. The maximum absolute atomic E-state index is 11.1. The molecule has 6 heteroatoms. The fraction of sp³-hybridized carbons (Fsp3) is 0.143. The quantitative estimate of drug-likeness (QED) is 0.581. The van der Waals surface area contributed by atoms with Gasteiger partial charge in [0.2, 0.25) is 6.17 Å². The van der Waals surface area contributed by atoms with Gasteiger partial charge in [0.05, 0.1) is 0 Å². The van der Waals surface area contributed by atoms with Gasteiger partial charge in [0.1, 0.15) is 0 Å². The van der Waals surface area contributed by atoms with Crippen molar-refractivity contribution in [3.8, 4) is 0 Å². The molecule has 0 aromatic rings. The highest BCUT2D eigenvalue weighted by atomic mass is 16.4. The number of hydrogen-bond donors (Lipinski definition) is 2. The van der Waals surface area contributed by atoms with Gasteiger partial charge in [-0.2, -0.15) is 0 Å². The number of allylic oxidation sites excluding steroid dienone is 2. The van der Waals surface area contributed by atoms with E-state index in [1.165, 1.54) is 22.4 Å². The van der Waals surface area contributed by atoms with E-state index in [2.05, 4.69) is 5.32 Å². The van der Waals surface area contributed by atoms with Gasteiger partial charge in [0.25, 0.3) is 0 Å². The maximum Gasteiger partial charge on any atom is 0.349 e. The van der Waals surface area contributed by atoms with Crippen LogP contribution in [0.4, 0.5) is 4.79 Å². The van der Waals surface area contributed by atoms with Crippen molar-refractivity contribution in [2.24, 2.45) is 0 Å². The number of carbonyl (C=O) groups is 2. The van der Waals surface area contributed by atoms with Gasteiger partial charge in [-0.25, -0.2) is 14.6 Å². The molecule has 2 aliphatic heterocycles. The zero-order chi connectivity index (χ0) is 9.42. The van der Waals surface area contributed by atoms with Crippen LogP contribution in [0.25, 0.3) is 0 Å². The van der Waals surface area contributed by atoms with Crippen LogP contribution < -0.4 is 5.32 Å². The Morgan fingerprint density at radius 3 is 2.85 bits per heavy atom. The maximum atomic E-state index is 11.1. The van der Waals surface area contributed by atoms with Gasteiger partial charge in [0.15, 0.2) is 0 Å². The monoisotopic (exact) mass is 181 g/mol. The molecule has 68 valence electrons. The third kappa shape index (κ3) is 1.03. The Balaban J connectivity index is 2.29. The first kappa shape index (κ1) is 7.66. The highest BCUT2D eigenvalue weighted by molar-refractivity contribution is 5.86. The van der Waals surface area contributed by atoms with Crippen molar-refractivity contribution < 1.29 is 14.7 Å². The van der Waals surface area contributed by atoms with E-state index in [1.807, 2.05) is 0 Å². The van der Waals surface area contributed by atoms with E-state index < -0.39 is 18.2 Å². The molecule has 2 amide bonds. The van der Waals surface area contributed by atoms with Gasteiger partial charge in [-0.15, -0.1) is 0 Å². The fourth-order valence-electron chi connectivity index (χ4n) is 1.23. The first-order valence-electron chi connectivity index (χ1n) is 3.66. The van der Waals surface area contributed by atoms with Crippen molar-refractivity contribution in [1.29, 1.82) is 0 Å². The summed E-state index contributed by atoms with van der Waals surface area (Å²) in [5.74, 6) is -1.09. The van der Waals surface area contributed by atoms with Crippen LogP contribution in [-0.2, 0) is 4.79 Å². The SMILES string of the molecule is O=C(O)C1NC(=O)N2C=CC=CN12. The van der Waals surface area contributed by atoms with Crippen LogP contribution in [0.1, 0.15) is 0 Å². The minimum Gasteiger partial charge on any atom is -0.478 e. The third-order valence-corrected chi connectivity index (χ3v) is 1.79. The molecule has 2 rings (SSSR count). The number of amides is 2. The summed E-state index contributed by atoms with van der Waals surface area (Å²) in [5, 5.41) is 13.6. The van der Waals surface area contributed by atoms with Crippen LogP contribution >= 0.6 is 0 Å². The van der Waals surface area contributed by atoms with Crippen LogP contribution in [-0.4, -0.2) is 33.3 Å². The van der Waals surface area contributed by atoms with E-state index in [9.17, 15) is 9.59 Å². The van der Waals surface area contributed by atoms with Crippen LogP contribution in [0, 0.1) is 0 Å². The zero-order valence-electron chi connectivity index (χ0n) is 6.54. The molecule has 1 atom stereocenters. The molecule has 0 saturated carbocycles. The van der Waals surface area contributed by atoms with Crippen LogP contribution in [0.15, 0.2) is 24.6 Å². The number of rotatable bonds is 1. The summed E-state index contributed by atoms with van der Waals surface area (Å²) in [7, 11) is 0. The standard InChI is InChI=1S/C7H7N3O3/c11-6(12)5-8-7(13)10-4-2-1-3-9(5)10/h1-5H,(H,8,13)(H,11,12). The van der Waals surface area contributed by atoms with Crippen LogP contribution in [0.3, 0.4) is 0 Å². The lowest BCUT2D eigenvalue weighted by Gasteiger charge is -2.25. The molecule has 0 aliphatic carbocycles. The molecule has 1 unspecified atom stereocenters. The van der Waals surface area contributed by atoms with Crippen LogP contribution in [0.2, 0.25) is 0 Å². The number of urea groups is 1. The Morgan fingerprint density at radius 1 is 1.46 bits per heavy atom. The summed E-state index contributed by atoms with van der Waals surface area (Å²) in [6.45, 7) is 0. The normalized spacial score (nSPS) is 24.6. The second kappa shape index (κ2) is 2.51. The molecule has 2 heterocycles. The second-order valence-corrected chi connectivity index (χ2v) is 2.60. The van der Waals surface area contributed by atoms with E-state index in [4.69, 9.17) is 5.11 Å². The molecular weight excluding hydrogens is 174 g/mol. The average molecular weight is 181 g/mol. The van der Waals surface area contributed by atoms with Gasteiger partial charge in [0, 0.05) is 12.4 Å². The Kier molecular flexibility index (Phi) is 1.48. The summed E-state index contributed by atoms with van der Waals surface area (Å²) in [5.41, 5.74) is 0. The smallest absolute Gasteiger partial charge is 0.349 e. The predicted molar refractivity (Wildman–Crippen MR) is 41.9 cm³/mol. The zero-order valence-corrected chi connectivity index (χ0v) is 6.54. The summed E-state index contributed by atoms with van der Waals surface area (Å²) in [6, 6.07) is -0.437. The van der Waals surface area contributed by atoms with E-state index >= 15 is 0 Å². The lowest BCUT2D eigenvalue weighted by Crippen LogP contribution is -2.42. The minimum atomic E-state index is -1.09. The molecule has 2 N–H and O–H groups in total. The van der Waals surface area contributed by atoms with Crippen molar-refractivity contribution in [3.63, 3.8) is 0 Å². The molecule has 0 radical (unpaired) electrons. The van der Waals surface area contributed by atoms with Crippen molar-refractivity contribution in [3.05, 3.63) is 24.6 Å². The van der Waals surface area contributed by atoms with Gasteiger partial charge in [-0.05, 0) is 12.2 Å². The van der Waals surface area contributed by atoms with Crippen molar-refractivity contribution >= 4 is 12.0 Å². The number of carboxylic acid groups (broad SMARTS) is 1. The molecule has 1 saturated heterocycles. The number of fused-ring (bicyclic) bond motifs is 1. The van der Waals surface area contributed by atoms with E-state index in [1.54, 1.807) is 12.2 Å². The highest BCUT2D eigenvalue weighted by Crippen LogP contribution is 2.16. The summed E-state index contributed by atoms with van der Waals surface area (Å²) in [6.07, 6.45) is 5.33. The third-order valence-electron chi connectivity index (χ3n) is 1.79. The Morgan fingerprint density at radius 2 is 2.15 bits per heavy atom. The largest absolute Gasteiger partial charge is 0.478 e. The van der Waals surface area contributed by atoms with E-state index in [0.29, 0.717) is 0 Å². The summed E-state index contributed by atoms with van der Waals surface area (Å²) in [4.78, 5) is 21.8. The number of nitrogens with zero attached hydrogens (tertiary/aromatic N) is 2. The van der Waals surface area contributed by atoms with Gasteiger partial charge >= 0.3 is 12.0 Å². The number of nitrogens with one attached hydrogen (secondary N) is 1. The minimum absolute atomic E-state index is 0.437. The number of aliphatic carboxylic acids is 1. The van der Waals surface area contributed by atoms with Gasteiger partial charge < -0.3 is 10.4 Å². The fourth-order valence-corrected chi connectivity index (χ4v) is 1.23. The van der Waals surface area contributed by atoms with Crippen molar-refractivity contribution in [1.82, 2.24) is 15.3 Å². The molecule has 0 spiro atoms. The van der Waals surface area contributed by atoms with Crippen molar-refractivity contribution in [2.75, 3.05) is 0 Å². The summed E-state index contributed by atoms with van der Waals surface area (Å²) >= 11 is 0. The lowest BCUT2D eigenvalue weighted by molar-refractivity contribution is -0.144. The van der Waals surface area contributed by atoms with Crippen LogP contribution in [0.5, 0.6) is 0 Å². The summed E-state index contributed by atoms with van der Waals surface area (Å²) < 4.78 is 0. The Labute approximate surface area is 73.7 Å². The average Bonchev–Trinajstić information content (AvgIpc) is 2.45. The first-order valence-corrected chi connectivity index (χ1v) is 3.66. The van der Waals surface area contributed by atoms with Crippen molar-refractivity contribution in [2.45, 2.75) is 6.17 Å². The number of hydrazine groups is 1. The van der Waals surface area contributed by atoms with Gasteiger partial charge in [-0.1, -0.05) is 0 Å². The Hall–Kier alpha value is -1.98. The molecule has 0 aromatic carbocycles. The molecule has 6 nitrogen and oxygen atoms in total. The Bertz CT molecular complexity index is 323. The number of carbonyl (C=O) groups excluding carboxylic acids is 1. The topological polar surface area (TPSA) is 72.9 Å². The number of hydrogen-bond acceptors (Lipinski definition) is 3. The first-order chi connectivity index (χ1) is 6.20. The molecule has 2 aliphatic rings.